The Balaban J connectivity index is 1.30. The van der Waals surface area contributed by atoms with Gasteiger partial charge < -0.3 is 24.8 Å². The molecule has 12 heteroatoms. The highest BCUT2D eigenvalue weighted by Crippen LogP contribution is 2.29. The van der Waals surface area contributed by atoms with Gasteiger partial charge in [0, 0.05) is 36.8 Å². The molecule has 2 amide bonds. The van der Waals surface area contributed by atoms with Gasteiger partial charge in [0.25, 0.3) is 0 Å². The third-order valence-electron chi connectivity index (χ3n) is 7.74. The highest BCUT2D eigenvalue weighted by atomic mass is 16.5. The van der Waals surface area contributed by atoms with Gasteiger partial charge >= 0.3 is 0 Å². The first-order valence-electron chi connectivity index (χ1n) is 15.0. The number of likely N-dealkylation sites (N-methyl/N-ethyl adjacent to an activating group) is 1. The van der Waals surface area contributed by atoms with Crippen molar-refractivity contribution in [3.8, 4) is 17.2 Å². The normalized spacial score (nSPS) is 17.4. The summed E-state index contributed by atoms with van der Waals surface area (Å²) < 4.78 is 13.9. The lowest BCUT2D eigenvalue weighted by molar-refractivity contribution is -0.134. The lowest BCUT2D eigenvalue weighted by Crippen LogP contribution is -2.47. The molecule has 0 saturated heterocycles. The SMILES string of the molecule is C[C@H]1CN([C@@H](C)CO)C(=O)Cc2cc(NC(=O)Cn3cnnn3)ccc2O[C@@H]1CN(C)Cc1ccc(Oc2ccccc2)cc1. The van der Waals surface area contributed by atoms with E-state index in [1.807, 2.05) is 56.4 Å². The molecule has 0 aliphatic carbocycles. The Kier molecular flexibility index (Phi) is 10.4. The molecule has 12 nitrogen and oxygen atoms in total. The van der Waals surface area contributed by atoms with Gasteiger partial charge in [0.15, 0.2) is 0 Å². The van der Waals surface area contributed by atoms with E-state index in [0.29, 0.717) is 36.6 Å². The summed E-state index contributed by atoms with van der Waals surface area (Å²) in [5.41, 5.74) is 2.32. The third kappa shape index (κ3) is 8.64. The predicted octanol–water partition coefficient (Wildman–Crippen LogP) is 3.39. The summed E-state index contributed by atoms with van der Waals surface area (Å²) in [6, 6.07) is 22.7. The largest absolute Gasteiger partial charge is 0.488 e. The first-order chi connectivity index (χ1) is 21.8. The van der Waals surface area contributed by atoms with E-state index in [2.05, 4.69) is 44.8 Å². The predicted molar refractivity (Wildman–Crippen MR) is 168 cm³/mol. The molecule has 2 heterocycles. The molecule has 0 radical (unpaired) electrons. The zero-order valence-electron chi connectivity index (χ0n) is 25.7. The van der Waals surface area contributed by atoms with Crippen molar-refractivity contribution in [2.45, 2.75) is 45.5 Å². The Morgan fingerprint density at radius 2 is 1.89 bits per heavy atom. The Bertz CT molecular complexity index is 1550. The van der Waals surface area contributed by atoms with Crippen LogP contribution < -0.4 is 14.8 Å². The summed E-state index contributed by atoms with van der Waals surface area (Å²) >= 11 is 0. The quantitative estimate of drug-likeness (QED) is 0.261. The van der Waals surface area contributed by atoms with Crippen LogP contribution >= 0.6 is 0 Å². The summed E-state index contributed by atoms with van der Waals surface area (Å²) in [5, 5.41) is 23.6. The maximum atomic E-state index is 13.5. The molecule has 4 aromatic rings. The number of rotatable bonds is 11. The van der Waals surface area contributed by atoms with E-state index in [4.69, 9.17) is 9.47 Å². The minimum Gasteiger partial charge on any atom is -0.488 e. The van der Waals surface area contributed by atoms with Gasteiger partial charge in [-0.15, -0.1) is 5.10 Å². The number of anilines is 1. The smallest absolute Gasteiger partial charge is 0.246 e. The number of fused-ring (bicyclic) bond motifs is 1. The first-order valence-corrected chi connectivity index (χ1v) is 15.0. The molecule has 3 aromatic carbocycles. The Morgan fingerprint density at radius 1 is 1.13 bits per heavy atom. The lowest BCUT2D eigenvalue weighted by Gasteiger charge is -2.34. The number of aromatic nitrogens is 4. The van der Waals surface area contributed by atoms with Crippen molar-refractivity contribution >= 4 is 17.5 Å². The number of nitrogens with zero attached hydrogens (tertiary/aromatic N) is 6. The summed E-state index contributed by atoms with van der Waals surface area (Å²) in [7, 11) is 2.04. The van der Waals surface area contributed by atoms with Crippen molar-refractivity contribution < 1.29 is 24.2 Å². The highest BCUT2D eigenvalue weighted by Gasteiger charge is 2.31. The van der Waals surface area contributed by atoms with Crippen LogP contribution in [0.4, 0.5) is 5.69 Å². The van der Waals surface area contributed by atoms with E-state index in [1.165, 1.54) is 11.0 Å². The van der Waals surface area contributed by atoms with Crippen molar-refractivity contribution in [2.24, 2.45) is 5.92 Å². The van der Waals surface area contributed by atoms with Crippen molar-refractivity contribution in [3.05, 3.63) is 90.3 Å². The molecule has 2 N–H and O–H groups in total. The zero-order chi connectivity index (χ0) is 31.8. The molecule has 45 heavy (non-hydrogen) atoms. The fourth-order valence-electron chi connectivity index (χ4n) is 5.30. The number of benzene rings is 3. The van der Waals surface area contributed by atoms with Crippen LogP contribution in [0.2, 0.25) is 0 Å². The van der Waals surface area contributed by atoms with Crippen LogP contribution in [0, 0.1) is 5.92 Å². The number of hydrogen-bond acceptors (Lipinski definition) is 9. The van der Waals surface area contributed by atoms with Gasteiger partial charge in [-0.2, -0.15) is 0 Å². The van der Waals surface area contributed by atoms with Gasteiger partial charge in [0.2, 0.25) is 11.8 Å². The van der Waals surface area contributed by atoms with E-state index in [1.54, 1.807) is 23.1 Å². The minimum absolute atomic E-state index is 0.0336. The maximum absolute atomic E-state index is 13.5. The molecule has 0 fully saturated rings. The van der Waals surface area contributed by atoms with Crippen molar-refractivity contribution in [1.29, 1.82) is 0 Å². The fraction of sp³-hybridized carbons (Fsp3) is 0.364. The molecular weight excluding hydrogens is 574 g/mol. The van der Waals surface area contributed by atoms with Gasteiger partial charge in [-0.25, -0.2) is 4.68 Å². The molecule has 1 aliphatic rings. The standard InChI is InChI=1S/C33H39N7O5/c1-23-17-40(24(2)21-41)33(43)16-26-15-27(35-32(42)20-39-22-34-36-37-39)11-14-30(26)45-31(23)19-38(3)18-25-9-12-29(13-10-25)44-28-7-5-4-6-8-28/h4-15,22-24,31,41H,16-21H2,1-3H3,(H,35,42)/t23-,24-,31+/m0/s1. The maximum Gasteiger partial charge on any atom is 0.246 e. The second-order valence-corrected chi connectivity index (χ2v) is 11.5. The molecule has 0 bridgehead atoms. The Morgan fingerprint density at radius 3 is 2.60 bits per heavy atom. The number of tetrazole rings is 1. The van der Waals surface area contributed by atoms with Crippen LogP contribution in [0.15, 0.2) is 79.1 Å². The molecule has 5 rings (SSSR count). The summed E-state index contributed by atoms with van der Waals surface area (Å²) in [4.78, 5) is 30.0. The summed E-state index contributed by atoms with van der Waals surface area (Å²) in [5.74, 6) is 1.70. The number of para-hydroxylation sites is 1. The van der Waals surface area contributed by atoms with Gasteiger partial charge in [0.05, 0.1) is 19.1 Å². The topological polar surface area (TPSA) is 135 Å². The minimum atomic E-state index is -0.351. The van der Waals surface area contributed by atoms with Crippen LogP contribution in [0.3, 0.4) is 0 Å². The fourth-order valence-corrected chi connectivity index (χ4v) is 5.30. The molecule has 1 aromatic heterocycles. The van der Waals surface area contributed by atoms with Crippen LogP contribution in [-0.4, -0.2) is 85.8 Å². The van der Waals surface area contributed by atoms with E-state index < -0.39 is 0 Å². The average Bonchev–Trinajstić information content (AvgIpc) is 3.55. The molecular formula is C33H39N7O5. The van der Waals surface area contributed by atoms with Gasteiger partial charge in [0.1, 0.15) is 36.2 Å². The first kappa shape index (κ1) is 31.6. The van der Waals surface area contributed by atoms with E-state index >= 15 is 0 Å². The second-order valence-electron chi connectivity index (χ2n) is 11.5. The molecule has 1 aliphatic heterocycles. The zero-order valence-corrected chi connectivity index (χ0v) is 25.7. The van der Waals surface area contributed by atoms with Crippen molar-refractivity contribution in [1.82, 2.24) is 30.0 Å². The van der Waals surface area contributed by atoms with Gasteiger partial charge in [-0.05, 0) is 72.4 Å². The van der Waals surface area contributed by atoms with Crippen molar-refractivity contribution in [2.75, 3.05) is 32.1 Å². The molecule has 3 atom stereocenters. The molecule has 0 spiro atoms. The monoisotopic (exact) mass is 613 g/mol. The number of aliphatic hydroxyl groups excluding tert-OH is 1. The number of carbonyl (C=O) groups is 2. The van der Waals surface area contributed by atoms with Crippen LogP contribution in [0.1, 0.15) is 25.0 Å². The number of ether oxygens (including phenoxy) is 2. The number of aliphatic hydroxyl groups is 1. The van der Waals surface area contributed by atoms with Crippen LogP contribution in [0.5, 0.6) is 17.2 Å². The van der Waals surface area contributed by atoms with E-state index in [9.17, 15) is 14.7 Å². The number of hydrogen-bond donors (Lipinski definition) is 2. The summed E-state index contributed by atoms with van der Waals surface area (Å²) in [6.45, 7) is 5.44. The summed E-state index contributed by atoms with van der Waals surface area (Å²) in [6.07, 6.45) is 1.18. The van der Waals surface area contributed by atoms with Crippen LogP contribution in [0.25, 0.3) is 0 Å². The van der Waals surface area contributed by atoms with Crippen molar-refractivity contribution in [3.63, 3.8) is 0 Å². The average molecular weight is 614 g/mol. The second kappa shape index (κ2) is 14.8. The molecule has 0 saturated carbocycles. The lowest BCUT2D eigenvalue weighted by atomic mass is 10.0. The van der Waals surface area contributed by atoms with Gasteiger partial charge in [-0.3, -0.25) is 14.5 Å². The Labute approximate surface area is 262 Å². The Hall–Kier alpha value is -4.81. The molecule has 236 valence electrons. The highest BCUT2D eigenvalue weighted by molar-refractivity contribution is 5.91. The third-order valence-corrected chi connectivity index (χ3v) is 7.74. The number of nitrogens with one attached hydrogen (secondary N) is 1. The van der Waals surface area contributed by atoms with Crippen LogP contribution in [-0.2, 0) is 29.1 Å². The number of amides is 2. The van der Waals surface area contributed by atoms with Gasteiger partial charge in [-0.1, -0.05) is 37.3 Å². The van der Waals surface area contributed by atoms with E-state index in [-0.39, 0.29) is 49.5 Å². The number of carbonyl (C=O) groups excluding carboxylic acids is 2. The molecule has 0 unspecified atom stereocenters. The van der Waals surface area contributed by atoms with E-state index in [0.717, 1.165) is 17.1 Å².